The number of aliphatic carboxylic acids is 1. The van der Waals surface area contributed by atoms with E-state index in [1.165, 1.54) is 23.9 Å². The van der Waals surface area contributed by atoms with E-state index >= 15 is 0 Å². The second-order valence-corrected chi connectivity index (χ2v) is 4.48. The van der Waals surface area contributed by atoms with Gasteiger partial charge in [0.1, 0.15) is 11.7 Å². The lowest BCUT2D eigenvalue weighted by molar-refractivity contribution is -0.140. The van der Waals surface area contributed by atoms with Crippen LogP contribution in [0.4, 0.5) is 0 Å². The first kappa shape index (κ1) is 16.2. The van der Waals surface area contributed by atoms with Crippen LogP contribution in [0.3, 0.4) is 0 Å². The van der Waals surface area contributed by atoms with Crippen LogP contribution in [0.25, 0.3) is 0 Å². The fraction of sp³-hybridized carbons (Fsp3) is 0.615. The summed E-state index contributed by atoms with van der Waals surface area (Å²) in [5.41, 5.74) is 0.234. The van der Waals surface area contributed by atoms with Crippen molar-refractivity contribution in [3.05, 3.63) is 18.0 Å². The summed E-state index contributed by atoms with van der Waals surface area (Å²) in [4.78, 5) is 24.9. The van der Waals surface area contributed by atoms with Gasteiger partial charge >= 0.3 is 5.97 Å². The Morgan fingerprint density at radius 3 is 2.65 bits per heavy atom. The average Bonchev–Trinajstić information content (AvgIpc) is 2.92. The van der Waals surface area contributed by atoms with Gasteiger partial charge < -0.3 is 15.3 Å². The van der Waals surface area contributed by atoms with E-state index < -0.39 is 12.0 Å². The van der Waals surface area contributed by atoms with Gasteiger partial charge in [0.25, 0.3) is 5.91 Å². The van der Waals surface area contributed by atoms with Gasteiger partial charge in [-0.15, -0.1) is 0 Å². The topological polar surface area (TPSA) is 87.5 Å². The molecule has 20 heavy (non-hydrogen) atoms. The zero-order valence-corrected chi connectivity index (χ0v) is 12.2. The summed E-state index contributed by atoms with van der Waals surface area (Å²) in [7, 11) is 0. The zero-order valence-electron chi connectivity index (χ0n) is 12.2. The molecule has 0 spiro atoms. The molecule has 0 saturated heterocycles. The Morgan fingerprint density at radius 1 is 1.45 bits per heavy atom. The van der Waals surface area contributed by atoms with Gasteiger partial charge in [0.2, 0.25) is 0 Å². The third kappa shape index (κ3) is 4.34. The Balaban J connectivity index is 2.50. The Labute approximate surface area is 118 Å². The minimum absolute atomic E-state index is 0.234. The maximum Gasteiger partial charge on any atom is 0.328 e. The minimum Gasteiger partial charge on any atom is -0.480 e. The predicted molar refractivity (Wildman–Crippen MR) is 74.7 cm³/mol. The van der Waals surface area contributed by atoms with Crippen molar-refractivity contribution in [2.45, 2.75) is 26.8 Å². The van der Waals surface area contributed by atoms with Gasteiger partial charge in [-0.25, -0.2) is 4.79 Å². The monoisotopic (exact) mass is 282 g/mol. The van der Waals surface area contributed by atoms with Crippen LogP contribution >= 0.6 is 0 Å². The summed E-state index contributed by atoms with van der Waals surface area (Å²) >= 11 is 0. The van der Waals surface area contributed by atoms with Crippen LogP contribution < -0.4 is 5.32 Å². The van der Waals surface area contributed by atoms with E-state index in [4.69, 9.17) is 5.11 Å². The molecule has 0 fully saturated rings. The molecule has 1 amide bonds. The van der Waals surface area contributed by atoms with Crippen LogP contribution in [-0.2, 0) is 4.79 Å². The fourth-order valence-corrected chi connectivity index (χ4v) is 1.75. The summed E-state index contributed by atoms with van der Waals surface area (Å²) in [6.07, 6.45) is 1.50. The van der Waals surface area contributed by atoms with Crippen LogP contribution in [0, 0.1) is 0 Å². The number of carbonyl (C=O) groups is 2. The van der Waals surface area contributed by atoms with E-state index in [0.29, 0.717) is 6.54 Å². The number of rotatable bonds is 8. The fourth-order valence-electron chi connectivity index (χ4n) is 1.75. The van der Waals surface area contributed by atoms with Gasteiger partial charge in [-0.2, -0.15) is 5.10 Å². The first-order valence-electron chi connectivity index (χ1n) is 6.78. The van der Waals surface area contributed by atoms with Crippen LogP contribution in [0.2, 0.25) is 0 Å². The highest BCUT2D eigenvalue weighted by Gasteiger charge is 2.16. The molecule has 1 atom stereocenters. The number of nitrogens with one attached hydrogen (secondary N) is 1. The number of aromatic nitrogens is 2. The molecule has 112 valence electrons. The SMILES string of the molecule is CCN(CC)CCNC(=O)c1ccn(C(C)C(=O)O)n1. The van der Waals surface area contributed by atoms with Crippen molar-refractivity contribution < 1.29 is 14.7 Å². The standard InChI is InChI=1S/C13H22N4O3/c1-4-16(5-2)9-7-14-12(18)11-6-8-17(15-11)10(3)13(19)20/h6,8,10H,4-5,7,9H2,1-3H3,(H,14,18)(H,19,20). The smallest absolute Gasteiger partial charge is 0.328 e. The number of likely N-dealkylation sites (N-methyl/N-ethyl adjacent to an activating group) is 1. The Kier molecular flexibility index (Phi) is 6.17. The second kappa shape index (κ2) is 7.64. The van der Waals surface area contributed by atoms with Gasteiger partial charge in [-0.05, 0) is 26.1 Å². The van der Waals surface area contributed by atoms with Crippen molar-refractivity contribution in [2.24, 2.45) is 0 Å². The molecule has 7 nitrogen and oxygen atoms in total. The van der Waals surface area contributed by atoms with E-state index in [9.17, 15) is 9.59 Å². The maximum atomic E-state index is 11.9. The molecule has 1 unspecified atom stereocenters. The molecule has 0 saturated carbocycles. The highest BCUT2D eigenvalue weighted by Crippen LogP contribution is 2.05. The van der Waals surface area contributed by atoms with Crippen molar-refractivity contribution in [2.75, 3.05) is 26.2 Å². The molecular weight excluding hydrogens is 260 g/mol. The molecule has 1 aromatic rings. The number of hydrogen-bond acceptors (Lipinski definition) is 4. The first-order chi connectivity index (χ1) is 9.49. The molecular formula is C13H22N4O3. The third-order valence-electron chi connectivity index (χ3n) is 3.20. The molecule has 0 aliphatic heterocycles. The summed E-state index contributed by atoms with van der Waals surface area (Å²) in [6, 6.07) is 0.735. The van der Waals surface area contributed by atoms with Crippen LogP contribution in [-0.4, -0.2) is 57.8 Å². The highest BCUT2D eigenvalue weighted by molar-refractivity contribution is 5.92. The van der Waals surface area contributed by atoms with E-state index in [-0.39, 0.29) is 11.6 Å². The minimum atomic E-state index is -0.985. The van der Waals surface area contributed by atoms with E-state index in [1.807, 2.05) is 0 Å². The Hall–Kier alpha value is -1.89. The molecule has 2 N–H and O–H groups in total. The van der Waals surface area contributed by atoms with Gasteiger partial charge in [0.15, 0.2) is 0 Å². The van der Waals surface area contributed by atoms with Crippen molar-refractivity contribution in [1.82, 2.24) is 20.0 Å². The molecule has 1 aromatic heterocycles. The van der Waals surface area contributed by atoms with Crippen molar-refractivity contribution in [1.29, 1.82) is 0 Å². The quantitative estimate of drug-likeness (QED) is 0.729. The van der Waals surface area contributed by atoms with Crippen LogP contribution in [0.1, 0.15) is 37.3 Å². The molecule has 0 bridgehead atoms. The summed E-state index contributed by atoms with van der Waals surface area (Å²) in [5, 5.41) is 15.6. The first-order valence-corrected chi connectivity index (χ1v) is 6.78. The lowest BCUT2D eigenvalue weighted by Gasteiger charge is -2.17. The lowest BCUT2D eigenvalue weighted by Crippen LogP contribution is -2.35. The molecule has 1 rings (SSSR count). The normalized spacial score (nSPS) is 12.4. The van der Waals surface area contributed by atoms with Crippen molar-refractivity contribution in [3.8, 4) is 0 Å². The molecule has 1 heterocycles. The van der Waals surface area contributed by atoms with Crippen LogP contribution in [0.15, 0.2) is 12.3 Å². The molecule has 0 radical (unpaired) electrons. The summed E-state index contributed by atoms with van der Waals surface area (Å²) < 4.78 is 1.27. The molecule has 0 aliphatic rings. The summed E-state index contributed by atoms with van der Waals surface area (Å²) in [6.45, 7) is 8.86. The number of carboxylic acid groups (broad SMARTS) is 1. The van der Waals surface area contributed by atoms with Gasteiger partial charge in [-0.1, -0.05) is 13.8 Å². The van der Waals surface area contributed by atoms with Crippen molar-refractivity contribution >= 4 is 11.9 Å². The number of hydrogen-bond donors (Lipinski definition) is 2. The van der Waals surface area contributed by atoms with Gasteiger partial charge in [0.05, 0.1) is 0 Å². The van der Waals surface area contributed by atoms with Crippen molar-refractivity contribution in [3.63, 3.8) is 0 Å². The van der Waals surface area contributed by atoms with Gasteiger partial charge in [-0.3, -0.25) is 9.48 Å². The summed E-state index contributed by atoms with van der Waals surface area (Å²) in [5.74, 6) is -1.27. The lowest BCUT2D eigenvalue weighted by atomic mass is 10.3. The average molecular weight is 282 g/mol. The largest absolute Gasteiger partial charge is 0.480 e. The van der Waals surface area contributed by atoms with Crippen LogP contribution in [0.5, 0.6) is 0 Å². The van der Waals surface area contributed by atoms with Gasteiger partial charge in [0, 0.05) is 19.3 Å². The number of nitrogens with zero attached hydrogens (tertiary/aromatic N) is 3. The zero-order chi connectivity index (χ0) is 15.1. The molecule has 0 aliphatic carbocycles. The number of carboxylic acids is 1. The maximum absolute atomic E-state index is 11.9. The Morgan fingerprint density at radius 2 is 2.10 bits per heavy atom. The van der Waals surface area contributed by atoms with E-state index in [0.717, 1.165) is 19.6 Å². The number of amides is 1. The highest BCUT2D eigenvalue weighted by atomic mass is 16.4. The second-order valence-electron chi connectivity index (χ2n) is 4.48. The van der Waals surface area contributed by atoms with E-state index in [1.54, 1.807) is 0 Å². The predicted octanol–water partition coefficient (Wildman–Crippen LogP) is 0.600. The molecule has 0 aromatic carbocycles. The molecule has 7 heteroatoms. The van der Waals surface area contributed by atoms with E-state index in [2.05, 4.69) is 29.2 Å². The number of carbonyl (C=O) groups excluding carboxylic acids is 1. The third-order valence-corrected chi connectivity index (χ3v) is 3.20. The Bertz CT molecular complexity index is 454.